The number of nitrogens with zero attached hydrogens (tertiary/aromatic N) is 2. The van der Waals surface area contributed by atoms with Crippen molar-refractivity contribution in [3.63, 3.8) is 0 Å². The molecular weight excluding hydrogens is 406 g/mol. The molecule has 150 valence electrons. The molecule has 0 radical (unpaired) electrons. The number of aryl methyl sites for hydroxylation is 1. The van der Waals surface area contributed by atoms with Gasteiger partial charge in [-0.15, -0.1) is 11.3 Å². The highest BCUT2D eigenvalue weighted by atomic mass is 32.1. The number of nitrogens with one attached hydrogen (secondary N) is 3. The first-order valence-electron chi connectivity index (χ1n) is 8.74. The van der Waals surface area contributed by atoms with Crippen molar-refractivity contribution in [2.24, 2.45) is 4.99 Å². The third-order valence-corrected chi connectivity index (χ3v) is 5.69. The molecule has 0 saturated heterocycles. The van der Waals surface area contributed by atoms with Crippen molar-refractivity contribution in [3.05, 3.63) is 95.5 Å². The minimum absolute atomic E-state index is 0.185. The van der Waals surface area contributed by atoms with Gasteiger partial charge in [0.05, 0.1) is 23.0 Å². The summed E-state index contributed by atoms with van der Waals surface area (Å²) >= 11 is 1.04. The van der Waals surface area contributed by atoms with Crippen LogP contribution in [0.5, 0.6) is 0 Å². The quantitative estimate of drug-likeness (QED) is 0.432. The zero-order valence-electron chi connectivity index (χ0n) is 15.7. The summed E-state index contributed by atoms with van der Waals surface area (Å²) in [5.74, 6) is 0. The fraction of sp³-hybridized carbons (Fsp3) is 0.0500. The summed E-state index contributed by atoms with van der Waals surface area (Å²) in [6.07, 6.45) is 2.62. The van der Waals surface area contributed by atoms with E-state index < -0.39 is 22.5 Å². The maximum atomic E-state index is 13.2. The molecule has 0 aliphatic rings. The van der Waals surface area contributed by atoms with Crippen LogP contribution >= 0.6 is 11.3 Å². The predicted octanol–water partition coefficient (Wildman–Crippen LogP) is 1.65. The van der Waals surface area contributed by atoms with Crippen molar-refractivity contribution in [2.75, 3.05) is 0 Å². The van der Waals surface area contributed by atoms with E-state index >= 15 is 0 Å². The summed E-state index contributed by atoms with van der Waals surface area (Å²) < 4.78 is 1.25. The molecule has 0 unspecified atom stereocenters. The second-order valence-electron chi connectivity index (χ2n) is 6.42. The largest absolute Gasteiger partial charge is 0.333 e. The van der Waals surface area contributed by atoms with Gasteiger partial charge in [0.1, 0.15) is 4.70 Å². The molecule has 10 heteroatoms. The monoisotopic (exact) mass is 421 g/mol. The molecule has 9 nitrogen and oxygen atoms in total. The lowest BCUT2D eigenvalue weighted by atomic mass is 10.1. The maximum Gasteiger partial charge on any atom is 0.333 e. The molecule has 0 amide bonds. The van der Waals surface area contributed by atoms with Crippen molar-refractivity contribution in [3.8, 4) is 10.4 Å². The van der Waals surface area contributed by atoms with E-state index in [1.54, 1.807) is 12.1 Å². The predicted molar refractivity (Wildman–Crippen MR) is 117 cm³/mol. The summed E-state index contributed by atoms with van der Waals surface area (Å²) in [6.45, 7) is 5.30. The Morgan fingerprint density at radius 3 is 2.63 bits per heavy atom. The van der Waals surface area contributed by atoms with Gasteiger partial charge in [-0.1, -0.05) is 24.3 Å². The molecule has 0 saturated carbocycles. The molecule has 3 N–H and O–H groups in total. The fourth-order valence-corrected chi connectivity index (χ4v) is 4.20. The zero-order chi connectivity index (χ0) is 21.4. The average Bonchev–Trinajstić information content (AvgIpc) is 3.11. The van der Waals surface area contributed by atoms with Crippen molar-refractivity contribution in [2.45, 2.75) is 6.92 Å². The van der Waals surface area contributed by atoms with Crippen molar-refractivity contribution >= 4 is 34.0 Å². The summed E-state index contributed by atoms with van der Waals surface area (Å²) in [5.41, 5.74) is -0.152. The minimum Gasteiger partial charge on any atom is -0.313 e. The fourth-order valence-electron chi connectivity index (χ4n) is 3.15. The number of aromatic amines is 3. The number of rotatable bonds is 4. The van der Waals surface area contributed by atoms with Crippen LogP contribution in [0.4, 0.5) is 0 Å². The van der Waals surface area contributed by atoms with Gasteiger partial charge in [0.25, 0.3) is 11.1 Å². The number of aliphatic imine (C=N–C) groups is 1. The zero-order valence-corrected chi connectivity index (χ0v) is 16.5. The number of hydrogen-bond donors (Lipinski definition) is 3. The SMILES string of the molecule is C=N/C=C(\c1ccccc1C)n1c(=O)[nH]c2cc(-c3c[nH]c(=O)[nH]c3=O)sc2c1=O. The van der Waals surface area contributed by atoms with Crippen LogP contribution in [0.2, 0.25) is 0 Å². The van der Waals surface area contributed by atoms with E-state index in [0.29, 0.717) is 16.0 Å². The van der Waals surface area contributed by atoms with Crippen molar-refractivity contribution in [1.82, 2.24) is 19.5 Å². The topological polar surface area (TPSA) is 133 Å². The first-order chi connectivity index (χ1) is 14.4. The molecular formula is C20H15N5O4S. The minimum atomic E-state index is -0.648. The first-order valence-corrected chi connectivity index (χ1v) is 9.56. The Bertz CT molecular complexity index is 1560. The maximum absolute atomic E-state index is 13.2. The molecule has 3 aromatic heterocycles. The summed E-state index contributed by atoms with van der Waals surface area (Å²) in [6, 6.07) is 8.81. The Hall–Kier alpha value is -4.05. The Morgan fingerprint density at radius 1 is 1.17 bits per heavy atom. The number of H-pyrrole nitrogens is 3. The molecule has 3 heterocycles. The lowest BCUT2D eigenvalue weighted by Crippen LogP contribution is -2.34. The van der Waals surface area contributed by atoms with Gasteiger partial charge in [0, 0.05) is 16.6 Å². The number of thiophene rings is 1. The molecule has 0 atom stereocenters. The summed E-state index contributed by atoms with van der Waals surface area (Å²) in [5, 5.41) is 0. The Balaban J connectivity index is 2.00. The van der Waals surface area contributed by atoms with E-state index in [4.69, 9.17) is 0 Å². The van der Waals surface area contributed by atoms with Gasteiger partial charge in [-0.25, -0.2) is 14.2 Å². The third-order valence-electron chi connectivity index (χ3n) is 4.53. The second-order valence-corrected chi connectivity index (χ2v) is 7.47. The van der Waals surface area contributed by atoms with Crippen LogP contribution in [-0.2, 0) is 0 Å². The van der Waals surface area contributed by atoms with E-state index in [0.717, 1.165) is 21.5 Å². The first kappa shape index (κ1) is 19.3. The van der Waals surface area contributed by atoms with Gasteiger partial charge in [-0.05, 0) is 25.3 Å². The normalized spacial score (nSPS) is 11.7. The summed E-state index contributed by atoms with van der Waals surface area (Å²) in [7, 11) is 0. The molecule has 0 fully saturated rings. The second kappa shape index (κ2) is 7.41. The molecule has 1 aromatic carbocycles. The summed E-state index contributed by atoms with van der Waals surface area (Å²) in [4.78, 5) is 60.8. The lowest BCUT2D eigenvalue weighted by molar-refractivity contribution is 0.922. The molecule has 0 spiro atoms. The van der Waals surface area contributed by atoms with Crippen molar-refractivity contribution < 1.29 is 0 Å². The number of benzene rings is 1. The molecule has 4 rings (SSSR count). The van der Waals surface area contributed by atoms with Crippen molar-refractivity contribution in [1.29, 1.82) is 0 Å². The Kier molecular flexibility index (Phi) is 4.76. The molecule has 0 bridgehead atoms. The molecule has 30 heavy (non-hydrogen) atoms. The van der Waals surface area contributed by atoms with Gasteiger partial charge >= 0.3 is 11.4 Å². The highest BCUT2D eigenvalue weighted by molar-refractivity contribution is 7.22. The van der Waals surface area contributed by atoms with E-state index in [1.165, 1.54) is 18.5 Å². The van der Waals surface area contributed by atoms with Crippen LogP contribution in [0.3, 0.4) is 0 Å². The van der Waals surface area contributed by atoms with Gasteiger partial charge in [-0.2, -0.15) is 0 Å². The van der Waals surface area contributed by atoms with E-state index in [-0.39, 0.29) is 16.0 Å². The van der Waals surface area contributed by atoms with Crippen LogP contribution < -0.4 is 22.5 Å². The van der Waals surface area contributed by atoms with E-state index in [2.05, 4.69) is 26.7 Å². The highest BCUT2D eigenvalue weighted by Crippen LogP contribution is 2.28. The average molecular weight is 421 g/mol. The van der Waals surface area contributed by atoms with Crippen LogP contribution in [0.25, 0.3) is 26.4 Å². The van der Waals surface area contributed by atoms with Gasteiger partial charge < -0.3 is 9.97 Å². The van der Waals surface area contributed by atoms with Gasteiger partial charge in [0.2, 0.25) is 0 Å². The van der Waals surface area contributed by atoms with E-state index in [9.17, 15) is 19.2 Å². The van der Waals surface area contributed by atoms with E-state index in [1.807, 2.05) is 19.1 Å². The molecule has 0 aliphatic heterocycles. The van der Waals surface area contributed by atoms with Gasteiger partial charge in [0.15, 0.2) is 0 Å². The highest BCUT2D eigenvalue weighted by Gasteiger charge is 2.18. The van der Waals surface area contributed by atoms with Crippen LogP contribution in [0.15, 0.2) is 66.9 Å². The van der Waals surface area contributed by atoms with Gasteiger partial charge in [-0.3, -0.25) is 19.6 Å². The number of hydrogen-bond acceptors (Lipinski definition) is 6. The standard InChI is InChI=1S/C20H15N5O4S/c1-10-5-3-4-6-11(10)14(9-21-2)25-18(27)16-13(23-20(25)29)7-15(30-16)12-8-22-19(28)24-17(12)26/h3-9H,2H2,1H3,(H,23,29)(H2,22,24,26,28)/b14-9+. The smallest absolute Gasteiger partial charge is 0.313 e. The number of aromatic nitrogens is 4. The number of fused-ring (bicyclic) bond motifs is 1. The lowest BCUT2D eigenvalue weighted by Gasteiger charge is -2.11. The Morgan fingerprint density at radius 2 is 1.93 bits per heavy atom. The molecule has 0 aliphatic carbocycles. The van der Waals surface area contributed by atoms with Crippen LogP contribution in [0.1, 0.15) is 11.1 Å². The third kappa shape index (κ3) is 3.18. The van der Waals surface area contributed by atoms with Crippen LogP contribution in [-0.4, -0.2) is 26.2 Å². The molecule has 4 aromatic rings. The van der Waals surface area contributed by atoms with Crippen LogP contribution in [0, 0.1) is 6.92 Å². The Labute approximate surface area is 171 Å².